The summed E-state index contributed by atoms with van der Waals surface area (Å²) in [6.07, 6.45) is 2.46. The van der Waals surface area contributed by atoms with Crippen LogP contribution in [0.5, 0.6) is 0 Å². The Balaban J connectivity index is 1.93. The molecule has 1 N–H and O–H groups in total. The van der Waals surface area contributed by atoms with E-state index in [0.717, 1.165) is 36.2 Å². The van der Waals surface area contributed by atoms with Crippen molar-refractivity contribution >= 4 is 0 Å². The van der Waals surface area contributed by atoms with Crippen LogP contribution in [-0.4, -0.2) is 10.1 Å². The number of aliphatic hydroxyl groups is 1. The summed E-state index contributed by atoms with van der Waals surface area (Å²) in [7, 11) is 0. The first-order chi connectivity index (χ1) is 9.16. The molecule has 2 unspecified atom stereocenters. The van der Waals surface area contributed by atoms with Gasteiger partial charge in [-0.2, -0.15) is 0 Å². The predicted molar refractivity (Wildman–Crippen MR) is 66.6 cm³/mol. The highest BCUT2D eigenvalue weighted by Crippen LogP contribution is 2.40. The summed E-state index contributed by atoms with van der Waals surface area (Å²) in [5.74, 6) is -1.99. The third-order valence-corrected chi connectivity index (χ3v) is 3.67. The van der Waals surface area contributed by atoms with Crippen LogP contribution in [0.15, 0.2) is 36.5 Å². The maximum absolute atomic E-state index is 13.2. The van der Waals surface area contributed by atoms with Crippen molar-refractivity contribution in [2.45, 2.75) is 24.9 Å². The molecule has 0 amide bonds. The van der Waals surface area contributed by atoms with Crippen molar-refractivity contribution in [2.24, 2.45) is 0 Å². The molecule has 2 atom stereocenters. The molecule has 1 aromatic heterocycles. The van der Waals surface area contributed by atoms with Gasteiger partial charge in [0, 0.05) is 17.8 Å². The van der Waals surface area contributed by atoms with E-state index in [1.807, 2.05) is 12.1 Å². The maximum Gasteiger partial charge on any atom is 0.159 e. The molecular weight excluding hydrogens is 248 g/mol. The fourth-order valence-corrected chi connectivity index (χ4v) is 2.68. The molecule has 0 bridgehead atoms. The number of halogens is 2. The van der Waals surface area contributed by atoms with Gasteiger partial charge >= 0.3 is 0 Å². The van der Waals surface area contributed by atoms with Crippen molar-refractivity contribution in [1.82, 2.24) is 4.98 Å². The van der Waals surface area contributed by atoms with Gasteiger partial charge in [0.05, 0.1) is 6.10 Å². The van der Waals surface area contributed by atoms with Crippen LogP contribution in [0.25, 0.3) is 0 Å². The Kier molecular flexibility index (Phi) is 3.03. The van der Waals surface area contributed by atoms with Crippen molar-refractivity contribution in [3.8, 4) is 0 Å². The van der Waals surface area contributed by atoms with E-state index in [1.54, 1.807) is 6.20 Å². The average molecular weight is 261 g/mol. The lowest BCUT2D eigenvalue weighted by molar-refractivity contribution is 0.143. The first kappa shape index (κ1) is 12.2. The molecule has 0 fully saturated rings. The summed E-state index contributed by atoms with van der Waals surface area (Å²) >= 11 is 0. The SMILES string of the molecule is OC(c1ccc(F)c(F)c1)C1CCc2cccnc21. The average Bonchev–Trinajstić information content (AvgIpc) is 2.85. The number of rotatable bonds is 2. The van der Waals surface area contributed by atoms with E-state index in [9.17, 15) is 13.9 Å². The Morgan fingerprint density at radius 2 is 2.05 bits per heavy atom. The zero-order chi connectivity index (χ0) is 13.4. The number of nitrogens with zero attached hydrogens (tertiary/aromatic N) is 1. The molecule has 19 heavy (non-hydrogen) atoms. The van der Waals surface area contributed by atoms with E-state index in [1.165, 1.54) is 6.07 Å². The van der Waals surface area contributed by atoms with E-state index in [4.69, 9.17) is 0 Å². The Morgan fingerprint density at radius 1 is 1.21 bits per heavy atom. The van der Waals surface area contributed by atoms with Crippen molar-refractivity contribution in [1.29, 1.82) is 0 Å². The number of hydrogen-bond donors (Lipinski definition) is 1. The second kappa shape index (κ2) is 4.70. The van der Waals surface area contributed by atoms with Crippen molar-refractivity contribution in [2.75, 3.05) is 0 Å². The van der Waals surface area contributed by atoms with Crippen LogP contribution in [0.1, 0.15) is 35.3 Å². The van der Waals surface area contributed by atoms with Gasteiger partial charge in [-0.15, -0.1) is 0 Å². The molecule has 0 saturated heterocycles. The van der Waals surface area contributed by atoms with Crippen LogP contribution in [0.3, 0.4) is 0 Å². The zero-order valence-corrected chi connectivity index (χ0v) is 10.2. The first-order valence-electron chi connectivity index (χ1n) is 6.23. The smallest absolute Gasteiger partial charge is 0.159 e. The van der Waals surface area contributed by atoms with Crippen LogP contribution < -0.4 is 0 Å². The number of aryl methyl sites for hydroxylation is 1. The highest BCUT2D eigenvalue weighted by atomic mass is 19.2. The minimum atomic E-state index is -0.934. The molecule has 3 rings (SSSR count). The van der Waals surface area contributed by atoms with Gasteiger partial charge in [0.25, 0.3) is 0 Å². The molecule has 1 heterocycles. The van der Waals surface area contributed by atoms with Gasteiger partial charge in [0.15, 0.2) is 11.6 Å². The third-order valence-electron chi connectivity index (χ3n) is 3.67. The van der Waals surface area contributed by atoms with E-state index < -0.39 is 17.7 Å². The summed E-state index contributed by atoms with van der Waals surface area (Å²) < 4.78 is 26.1. The molecule has 0 radical (unpaired) electrons. The number of pyridine rings is 1. The van der Waals surface area contributed by atoms with Crippen LogP contribution in [0.2, 0.25) is 0 Å². The summed E-state index contributed by atoms with van der Waals surface area (Å²) in [5, 5.41) is 10.4. The molecule has 0 spiro atoms. The minimum Gasteiger partial charge on any atom is -0.388 e. The highest BCUT2D eigenvalue weighted by molar-refractivity contribution is 5.32. The molecular formula is C15H13F2NO. The summed E-state index contributed by atoms with van der Waals surface area (Å²) in [4.78, 5) is 4.30. The van der Waals surface area contributed by atoms with Gasteiger partial charge in [-0.05, 0) is 42.2 Å². The molecule has 98 valence electrons. The molecule has 4 heteroatoms. The molecule has 1 aromatic carbocycles. The molecule has 0 saturated carbocycles. The lowest BCUT2D eigenvalue weighted by Gasteiger charge is -2.18. The van der Waals surface area contributed by atoms with Crippen molar-refractivity contribution < 1.29 is 13.9 Å². The quantitative estimate of drug-likeness (QED) is 0.901. The van der Waals surface area contributed by atoms with E-state index >= 15 is 0 Å². The largest absolute Gasteiger partial charge is 0.388 e. The summed E-state index contributed by atoms with van der Waals surface area (Å²) in [6.45, 7) is 0. The van der Waals surface area contributed by atoms with Gasteiger partial charge in [-0.3, -0.25) is 4.98 Å². The maximum atomic E-state index is 13.2. The van der Waals surface area contributed by atoms with Crippen LogP contribution in [-0.2, 0) is 6.42 Å². The fourth-order valence-electron chi connectivity index (χ4n) is 2.68. The van der Waals surface area contributed by atoms with Crippen LogP contribution >= 0.6 is 0 Å². The number of benzene rings is 1. The number of fused-ring (bicyclic) bond motifs is 1. The minimum absolute atomic E-state index is 0.152. The summed E-state index contributed by atoms with van der Waals surface area (Å²) in [6, 6.07) is 7.37. The van der Waals surface area contributed by atoms with Gasteiger partial charge in [0.2, 0.25) is 0 Å². The van der Waals surface area contributed by atoms with E-state index in [2.05, 4.69) is 4.98 Å². The molecule has 2 aromatic rings. The van der Waals surface area contributed by atoms with Gasteiger partial charge in [-0.25, -0.2) is 8.78 Å². The summed E-state index contributed by atoms with van der Waals surface area (Å²) in [5.41, 5.74) is 2.37. The van der Waals surface area contributed by atoms with Gasteiger partial charge in [0.1, 0.15) is 0 Å². The Hall–Kier alpha value is -1.81. The second-order valence-electron chi connectivity index (χ2n) is 4.81. The lowest BCUT2D eigenvalue weighted by atomic mass is 9.93. The second-order valence-corrected chi connectivity index (χ2v) is 4.81. The van der Waals surface area contributed by atoms with E-state index in [-0.39, 0.29) is 5.92 Å². The predicted octanol–water partition coefficient (Wildman–Crippen LogP) is 3.12. The number of hydrogen-bond acceptors (Lipinski definition) is 2. The molecule has 1 aliphatic rings. The molecule has 0 aliphatic heterocycles. The van der Waals surface area contributed by atoms with Crippen LogP contribution in [0.4, 0.5) is 8.78 Å². The monoisotopic (exact) mass is 261 g/mol. The van der Waals surface area contributed by atoms with E-state index in [0.29, 0.717) is 5.56 Å². The standard InChI is InChI=1S/C15H13F2NO/c16-12-6-4-10(8-13(12)17)15(19)11-5-3-9-2-1-7-18-14(9)11/h1-2,4,6-8,11,15,19H,3,5H2. The van der Waals surface area contributed by atoms with Crippen molar-refractivity contribution in [3.63, 3.8) is 0 Å². The number of aliphatic hydroxyl groups excluding tert-OH is 1. The van der Waals surface area contributed by atoms with Gasteiger partial charge < -0.3 is 5.11 Å². The first-order valence-corrected chi connectivity index (χ1v) is 6.23. The fraction of sp³-hybridized carbons (Fsp3) is 0.267. The Morgan fingerprint density at radius 3 is 2.84 bits per heavy atom. The third kappa shape index (κ3) is 2.12. The Labute approximate surface area is 109 Å². The zero-order valence-electron chi connectivity index (χ0n) is 10.2. The highest BCUT2D eigenvalue weighted by Gasteiger charge is 2.31. The molecule has 2 nitrogen and oxygen atoms in total. The lowest BCUT2D eigenvalue weighted by Crippen LogP contribution is -2.10. The topological polar surface area (TPSA) is 33.1 Å². The Bertz CT molecular complexity index is 615. The van der Waals surface area contributed by atoms with Crippen LogP contribution in [0, 0.1) is 11.6 Å². The van der Waals surface area contributed by atoms with Crippen molar-refractivity contribution in [3.05, 3.63) is 65.0 Å². The number of aromatic nitrogens is 1. The molecule has 1 aliphatic carbocycles. The normalized spacial score (nSPS) is 19.2. The van der Waals surface area contributed by atoms with Gasteiger partial charge in [-0.1, -0.05) is 12.1 Å².